The first-order chi connectivity index (χ1) is 19.4. The Morgan fingerprint density at radius 3 is 2.75 bits per heavy atom. The minimum atomic E-state index is -1.50. The molecule has 0 radical (unpaired) electrons. The summed E-state index contributed by atoms with van der Waals surface area (Å²) in [4.78, 5) is 46.0. The summed E-state index contributed by atoms with van der Waals surface area (Å²) in [7, 11) is 0. The van der Waals surface area contributed by atoms with E-state index in [1.807, 2.05) is 37.3 Å². The van der Waals surface area contributed by atoms with Crippen LogP contribution < -0.4 is 15.4 Å². The van der Waals surface area contributed by atoms with Crippen molar-refractivity contribution >= 4 is 40.6 Å². The number of anilines is 2. The van der Waals surface area contributed by atoms with E-state index in [9.17, 15) is 14.4 Å². The molecular weight excluding hydrogens is 526 g/mol. The number of ether oxygens (including phenoxy) is 1. The molecule has 4 heterocycles. The van der Waals surface area contributed by atoms with Crippen molar-refractivity contribution in [1.82, 2.24) is 4.90 Å². The fourth-order valence-electron chi connectivity index (χ4n) is 7.84. The number of Topliss-reactive ketones (excluding diaryl/α,β-unsaturated/α-hetero) is 1. The minimum absolute atomic E-state index is 0.184. The monoisotopic (exact) mass is 553 g/mol. The van der Waals surface area contributed by atoms with Crippen molar-refractivity contribution in [3.8, 4) is 5.75 Å². The van der Waals surface area contributed by atoms with Gasteiger partial charge in [0, 0.05) is 27.9 Å². The van der Waals surface area contributed by atoms with Gasteiger partial charge in [0.25, 0.3) is 5.91 Å². The smallest absolute Gasteiger partial charge is 0.251 e. The maximum absolute atomic E-state index is 14.8. The first-order valence-corrected chi connectivity index (χ1v) is 13.9. The summed E-state index contributed by atoms with van der Waals surface area (Å²) in [5.74, 6) is -1.10. The molecule has 7 rings (SSSR count). The minimum Gasteiger partial charge on any atom is -0.490 e. The molecule has 2 amide bonds. The molecule has 0 saturated carbocycles. The van der Waals surface area contributed by atoms with Crippen molar-refractivity contribution < 1.29 is 19.1 Å². The molecule has 2 saturated heterocycles. The zero-order valence-electron chi connectivity index (χ0n) is 22.0. The van der Waals surface area contributed by atoms with E-state index >= 15 is 0 Å². The quantitative estimate of drug-likeness (QED) is 0.334. The normalized spacial score (nSPS) is 27.9. The van der Waals surface area contributed by atoms with E-state index in [1.165, 1.54) is 0 Å². The Bertz CT molecular complexity index is 1640. The summed E-state index contributed by atoms with van der Waals surface area (Å²) in [6.45, 7) is 6.46. The summed E-state index contributed by atoms with van der Waals surface area (Å²) in [5.41, 5.74) is 0.862. The predicted octanol–water partition coefficient (Wildman–Crippen LogP) is 5.23. The average molecular weight is 554 g/mol. The third-order valence-corrected chi connectivity index (χ3v) is 9.64. The van der Waals surface area contributed by atoms with Crippen molar-refractivity contribution in [3.05, 3.63) is 101 Å². The first-order valence-electron chi connectivity index (χ1n) is 13.5. The molecule has 3 aromatic rings. The Morgan fingerprint density at radius 2 is 1.93 bits per heavy atom. The number of amides is 2. The van der Waals surface area contributed by atoms with E-state index in [0.717, 1.165) is 12.0 Å². The summed E-state index contributed by atoms with van der Waals surface area (Å²) in [5, 5.41) is 6.69. The largest absolute Gasteiger partial charge is 0.490 e. The highest BCUT2D eigenvalue weighted by atomic mass is 35.5. The predicted molar refractivity (Wildman–Crippen MR) is 153 cm³/mol. The van der Waals surface area contributed by atoms with Crippen LogP contribution in [-0.2, 0) is 20.5 Å². The topological polar surface area (TPSA) is 87.7 Å². The van der Waals surface area contributed by atoms with Crippen LogP contribution >= 0.6 is 11.6 Å². The highest BCUT2D eigenvalue weighted by Crippen LogP contribution is 2.68. The van der Waals surface area contributed by atoms with Crippen molar-refractivity contribution in [1.29, 1.82) is 0 Å². The number of nitrogens with one attached hydrogen (secondary N) is 2. The van der Waals surface area contributed by atoms with Crippen molar-refractivity contribution in [2.45, 2.75) is 36.8 Å². The standard InChI is InChI=1S/C32H28ClN3O4/c1-3-16-40-20-9-6-8-19(17-20)28(37)26-25-12-7-15-36(25)32(22-13-14-23(33)18(2)27(22)35-30(32)39)31(26)21-10-4-5-11-24(21)34-29(31)38/h3-6,8-11,13-14,17,25-26H,1,7,12,15-16H2,2H3,(H,34,38)(H,35,39)/t25-,26+,31+,32-/m1/s1. The van der Waals surface area contributed by atoms with Crippen molar-refractivity contribution in [2.75, 3.05) is 23.8 Å². The van der Waals surface area contributed by atoms with Crippen LogP contribution in [0.2, 0.25) is 5.02 Å². The van der Waals surface area contributed by atoms with Crippen LogP contribution in [-0.4, -0.2) is 41.7 Å². The molecule has 4 aliphatic heterocycles. The molecule has 0 bridgehead atoms. The van der Waals surface area contributed by atoms with E-state index in [2.05, 4.69) is 22.1 Å². The number of ketones is 1. The van der Waals surface area contributed by atoms with Gasteiger partial charge >= 0.3 is 0 Å². The molecule has 0 unspecified atom stereocenters. The number of benzene rings is 3. The van der Waals surface area contributed by atoms with E-state index in [4.69, 9.17) is 16.3 Å². The molecule has 4 atom stereocenters. The molecule has 2 N–H and O–H groups in total. The molecule has 8 heteroatoms. The van der Waals surface area contributed by atoms with Gasteiger partial charge < -0.3 is 15.4 Å². The van der Waals surface area contributed by atoms with Gasteiger partial charge in [-0.25, -0.2) is 0 Å². The summed E-state index contributed by atoms with van der Waals surface area (Å²) in [6, 6.07) is 17.8. The number of para-hydroxylation sites is 1. The third-order valence-electron chi connectivity index (χ3n) is 9.23. The van der Waals surface area contributed by atoms with Gasteiger partial charge in [-0.15, -0.1) is 0 Å². The van der Waals surface area contributed by atoms with Gasteiger partial charge in [0.2, 0.25) is 5.91 Å². The number of fused-ring (bicyclic) bond motifs is 7. The number of halogens is 1. The maximum atomic E-state index is 14.8. The van der Waals surface area contributed by atoms with E-state index in [1.54, 1.807) is 36.4 Å². The summed E-state index contributed by atoms with van der Waals surface area (Å²) < 4.78 is 5.73. The van der Waals surface area contributed by atoms with Crippen LogP contribution in [0.25, 0.3) is 0 Å². The third kappa shape index (κ3) is 2.91. The van der Waals surface area contributed by atoms with Crippen molar-refractivity contribution in [2.24, 2.45) is 5.92 Å². The number of hydrogen-bond acceptors (Lipinski definition) is 5. The molecule has 40 heavy (non-hydrogen) atoms. The lowest BCUT2D eigenvalue weighted by atomic mass is 9.57. The van der Waals surface area contributed by atoms with Crippen LogP contribution in [0.1, 0.15) is 39.9 Å². The highest BCUT2D eigenvalue weighted by molar-refractivity contribution is 6.32. The number of rotatable bonds is 5. The lowest BCUT2D eigenvalue weighted by Crippen LogP contribution is -2.62. The second-order valence-electron chi connectivity index (χ2n) is 10.9. The molecule has 0 aromatic heterocycles. The number of carbonyl (C=O) groups excluding carboxylic acids is 3. The Morgan fingerprint density at radius 1 is 1.10 bits per heavy atom. The van der Waals surface area contributed by atoms with Gasteiger partial charge in [-0.05, 0) is 61.7 Å². The Labute approximate surface area is 237 Å². The lowest BCUT2D eigenvalue weighted by Gasteiger charge is -2.43. The highest BCUT2D eigenvalue weighted by Gasteiger charge is 2.81. The number of hydrogen-bond donors (Lipinski definition) is 2. The fourth-order valence-corrected chi connectivity index (χ4v) is 8.00. The Balaban J connectivity index is 1.53. The summed E-state index contributed by atoms with van der Waals surface area (Å²) >= 11 is 6.50. The van der Waals surface area contributed by atoms with Gasteiger partial charge in [0.15, 0.2) is 5.78 Å². The van der Waals surface area contributed by atoms with E-state index < -0.39 is 16.9 Å². The van der Waals surface area contributed by atoms with E-state index in [-0.39, 0.29) is 23.6 Å². The van der Waals surface area contributed by atoms with Crippen LogP contribution in [0.15, 0.2) is 73.3 Å². The van der Waals surface area contributed by atoms with Crippen molar-refractivity contribution in [3.63, 3.8) is 0 Å². The SMILES string of the molecule is C=CCOc1cccc(C(=O)[C@@H]2[C@H]3CCCN3[C@]3(C(=O)Nc4c3ccc(Cl)c4C)[C@]23C(=O)Nc2ccccc23)c1. The zero-order valence-corrected chi connectivity index (χ0v) is 22.8. The fraction of sp³-hybridized carbons (Fsp3) is 0.281. The van der Waals surface area contributed by atoms with Gasteiger partial charge in [0.1, 0.15) is 23.3 Å². The molecule has 2 fully saturated rings. The maximum Gasteiger partial charge on any atom is 0.251 e. The molecule has 7 nitrogen and oxygen atoms in total. The number of nitrogens with zero attached hydrogens (tertiary/aromatic N) is 1. The molecule has 0 aliphatic carbocycles. The van der Waals surface area contributed by atoms with Gasteiger partial charge in [-0.1, -0.05) is 60.7 Å². The van der Waals surface area contributed by atoms with Gasteiger partial charge in [-0.3, -0.25) is 19.3 Å². The molecule has 4 aliphatic rings. The van der Waals surface area contributed by atoms with Crippen LogP contribution in [0.4, 0.5) is 11.4 Å². The van der Waals surface area contributed by atoms with Crippen LogP contribution in [0.5, 0.6) is 5.75 Å². The Kier molecular flexibility index (Phi) is 5.50. The second kappa shape index (κ2) is 8.78. The van der Waals surface area contributed by atoms with E-state index in [0.29, 0.717) is 58.4 Å². The molecule has 3 aromatic carbocycles. The average Bonchev–Trinajstić information content (AvgIpc) is 3.68. The second-order valence-corrected chi connectivity index (χ2v) is 11.3. The van der Waals surface area contributed by atoms with Gasteiger partial charge in [-0.2, -0.15) is 0 Å². The van der Waals surface area contributed by atoms with Crippen LogP contribution in [0, 0.1) is 12.8 Å². The Hall–Kier alpha value is -3.94. The molecule has 202 valence electrons. The number of carbonyl (C=O) groups is 3. The summed E-state index contributed by atoms with van der Waals surface area (Å²) in [6.07, 6.45) is 3.15. The first kappa shape index (κ1) is 25.1. The molecule has 2 spiro atoms. The van der Waals surface area contributed by atoms with Gasteiger partial charge in [0.05, 0.1) is 11.6 Å². The van der Waals surface area contributed by atoms with Crippen LogP contribution in [0.3, 0.4) is 0 Å². The molecular formula is C32H28ClN3O4. The lowest BCUT2D eigenvalue weighted by molar-refractivity contribution is -0.137. The zero-order chi connectivity index (χ0) is 27.8.